The van der Waals surface area contributed by atoms with Crippen LogP contribution in [0.1, 0.15) is 29.4 Å². The van der Waals surface area contributed by atoms with E-state index in [1.54, 1.807) is 23.2 Å². The molecule has 2 heterocycles. The second-order valence-corrected chi connectivity index (χ2v) is 7.36. The highest BCUT2D eigenvalue weighted by Crippen LogP contribution is 2.25. The predicted octanol–water partition coefficient (Wildman–Crippen LogP) is 2.69. The van der Waals surface area contributed by atoms with Crippen LogP contribution in [0.15, 0.2) is 60.1 Å². The standard InChI is InChI=1S/C21H18N4O2S/c1-21(27,20-23-11-12-28-20)10-9-14-5-4-6-15(13-14)25-17-8-3-2-7-16(17)18(24-25)19(22)26/h2-8,11-13,19,26-27H,22H2,1H3. The third-order valence-electron chi connectivity index (χ3n) is 4.29. The van der Waals surface area contributed by atoms with Gasteiger partial charge in [0.1, 0.15) is 16.9 Å². The lowest BCUT2D eigenvalue weighted by atomic mass is 10.1. The third-order valence-corrected chi connectivity index (χ3v) is 5.27. The molecular weight excluding hydrogens is 372 g/mol. The Labute approximate surface area is 165 Å². The molecule has 7 heteroatoms. The molecule has 4 rings (SSSR count). The van der Waals surface area contributed by atoms with Crippen molar-refractivity contribution in [3.63, 3.8) is 0 Å². The maximum atomic E-state index is 10.5. The highest BCUT2D eigenvalue weighted by Gasteiger charge is 2.22. The zero-order valence-corrected chi connectivity index (χ0v) is 15.9. The molecule has 0 aliphatic rings. The third kappa shape index (κ3) is 3.42. The zero-order chi connectivity index (χ0) is 19.7. The van der Waals surface area contributed by atoms with Crippen molar-refractivity contribution in [3.05, 3.63) is 76.4 Å². The molecule has 2 aromatic heterocycles. The van der Waals surface area contributed by atoms with E-state index in [1.807, 2.05) is 48.5 Å². The van der Waals surface area contributed by atoms with Gasteiger partial charge >= 0.3 is 0 Å². The normalized spacial score (nSPS) is 14.3. The minimum absolute atomic E-state index is 0.416. The molecule has 0 aliphatic carbocycles. The fraction of sp³-hybridized carbons (Fsp3) is 0.143. The fourth-order valence-corrected chi connectivity index (χ4v) is 3.59. The van der Waals surface area contributed by atoms with Gasteiger partial charge in [0.25, 0.3) is 0 Å². The van der Waals surface area contributed by atoms with E-state index in [0.29, 0.717) is 10.7 Å². The van der Waals surface area contributed by atoms with Crippen LogP contribution in [-0.2, 0) is 5.60 Å². The highest BCUT2D eigenvalue weighted by molar-refractivity contribution is 7.09. The quantitative estimate of drug-likeness (QED) is 0.369. The van der Waals surface area contributed by atoms with Crippen molar-refractivity contribution in [3.8, 4) is 17.5 Å². The molecule has 2 unspecified atom stereocenters. The number of rotatable bonds is 3. The van der Waals surface area contributed by atoms with Gasteiger partial charge in [0.2, 0.25) is 0 Å². The Morgan fingerprint density at radius 2 is 2.04 bits per heavy atom. The Kier molecular flexibility index (Phi) is 4.71. The molecule has 28 heavy (non-hydrogen) atoms. The number of aliphatic hydroxyl groups is 2. The molecule has 0 fully saturated rings. The lowest BCUT2D eigenvalue weighted by Gasteiger charge is -2.12. The number of aromatic nitrogens is 3. The molecule has 140 valence electrons. The molecule has 0 radical (unpaired) electrons. The smallest absolute Gasteiger partial charge is 0.174 e. The van der Waals surface area contributed by atoms with Crippen molar-refractivity contribution < 1.29 is 10.2 Å². The second kappa shape index (κ2) is 7.19. The van der Waals surface area contributed by atoms with Crippen LogP contribution in [0.4, 0.5) is 0 Å². The minimum atomic E-state index is -1.32. The molecule has 0 amide bonds. The Bertz CT molecular complexity index is 1180. The van der Waals surface area contributed by atoms with Gasteiger partial charge in [-0.2, -0.15) is 5.10 Å². The largest absolute Gasteiger partial charge is 0.373 e. The Morgan fingerprint density at radius 1 is 1.21 bits per heavy atom. The average Bonchev–Trinajstić information content (AvgIpc) is 3.35. The summed E-state index contributed by atoms with van der Waals surface area (Å²) in [6.07, 6.45) is 0.478. The number of hydrogen-bond donors (Lipinski definition) is 3. The number of nitrogens with two attached hydrogens (primary N) is 1. The van der Waals surface area contributed by atoms with Gasteiger partial charge in [-0.25, -0.2) is 9.67 Å². The first-order valence-corrected chi connectivity index (χ1v) is 9.51. The molecule has 0 bridgehead atoms. The number of fused-ring (bicyclic) bond motifs is 1. The molecule has 0 saturated carbocycles. The van der Waals surface area contributed by atoms with Crippen molar-refractivity contribution in [1.29, 1.82) is 0 Å². The first-order chi connectivity index (χ1) is 13.5. The molecule has 0 aliphatic heterocycles. The van der Waals surface area contributed by atoms with Crippen LogP contribution >= 0.6 is 11.3 Å². The first-order valence-electron chi connectivity index (χ1n) is 8.63. The van der Waals surface area contributed by atoms with E-state index in [4.69, 9.17) is 5.73 Å². The monoisotopic (exact) mass is 390 g/mol. The van der Waals surface area contributed by atoms with E-state index in [9.17, 15) is 10.2 Å². The van der Waals surface area contributed by atoms with E-state index < -0.39 is 11.8 Å². The lowest BCUT2D eigenvalue weighted by molar-refractivity contribution is 0.122. The van der Waals surface area contributed by atoms with E-state index in [0.717, 1.165) is 22.2 Å². The van der Waals surface area contributed by atoms with Gasteiger partial charge in [-0.15, -0.1) is 11.3 Å². The number of nitrogens with zero attached hydrogens (tertiary/aromatic N) is 3. The van der Waals surface area contributed by atoms with E-state index in [2.05, 4.69) is 21.9 Å². The molecule has 0 saturated heterocycles. The van der Waals surface area contributed by atoms with E-state index in [-0.39, 0.29) is 0 Å². The highest BCUT2D eigenvalue weighted by atomic mass is 32.1. The van der Waals surface area contributed by atoms with Gasteiger partial charge in [-0.05, 0) is 31.2 Å². The predicted molar refractivity (Wildman–Crippen MR) is 109 cm³/mol. The van der Waals surface area contributed by atoms with Crippen LogP contribution in [0.25, 0.3) is 16.6 Å². The summed E-state index contributed by atoms with van der Waals surface area (Å²) < 4.78 is 1.73. The van der Waals surface area contributed by atoms with Crippen LogP contribution in [0.2, 0.25) is 0 Å². The summed E-state index contributed by atoms with van der Waals surface area (Å²) in [6.45, 7) is 1.62. The molecule has 2 aromatic carbocycles. The summed E-state index contributed by atoms with van der Waals surface area (Å²) in [4.78, 5) is 4.14. The Hall–Kier alpha value is -3.02. The summed E-state index contributed by atoms with van der Waals surface area (Å²) in [5, 5.41) is 28.0. The van der Waals surface area contributed by atoms with Gasteiger partial charge in [-0.1, -0.05) is 36.1 Å². The molecule has 6 nitrogen and oxygen atoms in total. The van der Waals surface area contributed by atoms with Crippen molar-refractivity contribution in [2.45, 2.75) is 18.8 Å². The van der Waals surface area contributed by atoms with Gasteiger partial charge in [0.15, 0.2) is 5.60 Å². The fourth-order valence-electron chi connectivity index (χ4n) is 2.93. The maximum absolute atomic E-state index is 10.5. The number of thiazole rings is 1. The van der Waals surface area contributed by atoms with Crippen LogP contribution in [0, 0.1) is 11.8 Å². The number of aliphatic hydroxyl groups excluding tert-OH is 1. The van der Waals surface area contributed by atoms with Crippen molar-refractivity contribution in [1.82, 2.24) is 14.8 Å². The van der Waals surface area contributed by atoms with E-state index >= 15 is 0 Å². The SMILES string of the molecule is CC(O)(C#Cc1cccc(-n2nc(C(N)O)c3ccccc32)c1)c1nccs1. The summed E-state index contributed by atoms with van der Waals surface area (Å²) in [5.41, 5.74) is 7.11. The molecule has 4 N–H and O–H groups in total. The maximum Gasteiger partial charge on any atom is 0.174 e. The average molecular weight is 390 g/mol. The van der Waals surface area contributed by atoms with E-state index in [1.165, 1.54) is 11.3 Å². The first kappa shape index (κ1) is 18.3. The topological polar surface area (TPSA) is 97.2 Å². The summed E-state index contributed by atoms with van der Waals surface area (Å²) in [5.74, 6) is 5.89. The summed E-state index contributed by atoms with van der Waals surface area (Å²) in [6, 6.07) is 15.1. The molecular formula is C21H18N4O2S. The molecule has 0 spiro atoms. The van der Waals surface area contributed by atoms with Crippen LogP contribution in [0.3, 0.4) is 0 Å². The van der Waals surface area contributed by atoms with Gasteiger partial charge in [-0.3, -0.25) is 0 Å². The van der Waals surface area contributed by atoms with Gasteiger partial charge < -0.3 is 15.9 Å². The van der Waals surface area contributed by atoms with Gasteiger partial charge in [0.05, 0.1) is 11.2 Å². The number of hydrogen-bond acceptors (Lipinski definition) is 6. The number of benzene rings is 2. The molecule has 4 aromatic rings. The van der Waals surface area contributed by atoms with Crippen molar-refractivity contribution in [2.75, 3.05) is 0 Å². The Balaban J connectivity index is 1.75. The summed E-state index contributed by atoms with van der Waals surface area (Å²) >= 11 is 1.36. The lowest BCUT2D eigenvalue weighted by Crippen LogP contribution is -2.17. The van der Waals surface area contributed by atoms with Crippen LogP contribution in [-0.4, -0.2) is 25.0 Å². The van der Waals surface area contributed by atoms with Crippen LogP contribution < -0.4 is 5.73 Å². The summed E-state index contributed by atoms with van der Waals surface area (Å²) in [7, 11) is 0. The van der Waals surface area contributed by atoms with Gasteiger partial charge in [0, 0.05) is 22.5 Å². The second-order valence-electron chi connectivity index (χ2n) is 6.47. The Morgan fingerprint density at radius 3 is 2.79 bits per heavy atom. The van der Waals surface area contributed by atoms with Crippen molar-refractivity contribution >= 4 is 22.2 Å². The minimum Gasteiger partial charge on any atom is -0.373 e. The van der Waals surface area contributed by atoms with Crippen molar-refractivity contribution in [2.24, 2.45) is 5.73 Å². The van der Waals surface area contributed by atoms with Crippen LogP contribution in [0.5, 0.6) is 0 Å². The number of para-hydroxylation sites is 1. The molecule has 2 atom stereocenters. The zero-order valence-electron chi connectivity index (χ0n) is 15.1.